The molecule has 2 rings (SSSR count). The van der Waals surface area contributed by atoms with E-state index in [2.05, 4.69) is 15.3 Å². The fourth-order valence-electron chi connectivity index (χ4n) is 1.57. The molecule has 1 aliphatic heterocycles. The summed E-state index contributed by atoms with van der Waals surface area (Å²) in [5.41, 5.74) is 0. The number of nitrogens with one attached hydrogen (secondary N) is 2. The molecular weight excluding hydrogens is 202 g/mol. The van der Waals surface area contributed by atoms with Crippen LogP contribution >= 0.6 is 0 Å². The molecule has 1 aliphatic rings. The topological polar surface area (TPSA) is 74.8 Å². The highest BCUT2D eigenvalue weighted by Gasteiger charge is 2.23. The third-order valence-electron chi connectivity index (χ3n) is 2.39. The summed E-state index contributed by atoms with van der Waals surface area (Å²) >= 11 is 0. The van der Waals surface area contributed by atoms with Crippen molar-refractivity contribution in [3.63, 3.8) is 0 Å². The highest BCUT2D eigenvalue weighted by atomic mass is 32.2. The molecule has 0 saturated carbocycles. The van der Waals surface area contributed by atoms with Crippen molar-refractivity contribution in [2.24, 2.45) is 0 Å². The van der Waals surface area contributed by atoms with E-state index in [-0.39, 0.29) is 17.5 Å². The Hall–Kier alpha value is -1.04. The van der Waals surface area contributed by atoms with Gasteiger partial charge in [-0.25, -0.2) is 13.4 Å². The summed E-state index contributed by atoms with van der Waals surface area (Å²) in [4.78, 5) is 6.96. The van der Waals surface area contributed by atoms with Crippen LogP contribution in [0, 0.1) is 0 Å². The summed E-state index contributed by atoms with van der Waals surface area (Å²) < 4.78 is 22.3. The normalized spacial score (nSPS) is 22.0. The molecule has 5 nitrogen and oxygen atoms in total. The third kappa shape index (κ3) is 2.25. The van der Waals surface area contributed by atoms with E-state index in [4.69, 9.17) is 0 Å². The minimum absolute atomic E-state index is 0.227. The second-order valence-corrected chi connectivity index (χ2v) is 5.81. The molecule has 1 fully saturated rings. The van der Waals surface area contributed by atoms with Crippen molar-refractivity contribution < 1.29 is 8.42 Å². The van der Waals surface area contributed by atoms with Gasteiger partial charge in [0.2, 0.25) is 0 Å². The standard InChI is InChI=1S/C8H13N3O2S/c12-14(13)5-1-7(2-6-14)11-8-9-3-4-10-8/h3-4,7H,1-2,5-6H2,(H2,9,10,11). The number of hydrogen-bond acceptors (Lipinski definition) is 4. The van der Waals surface area contributed by atoms with Crippen molar-refractivity contribution in [2.45, 2.75) is 18.9 Å². The van der Waals surface area contributed by atoms with Crippen molar-refractivity contribution in [3.05, 3.63) is 12.4 Å². The van der Waals surface area contributed by atoms with E-state index in [0.29, 0.717) is 18.8 Å². The molecule has 0 spiro atoms. The Kier molecular flexibility index (Phi) is 2.45. The second kappa shape index (κ2) is 3.61. The molecule has 0 bridgehead atoms. The van der Waals surface area contributed by atoms with E-state index in [9.17, 15) is 8.42 Å². The molecule has 0 amide bonds. The lowest BCUT2D eigenvalue weighted by molar-refractivity contribution is 0.558. The Morgan fingerprint density at radius 1 is 1.43 bits per heavy atom. The minimum atomic E-state index is -2.77. The summed E-state index contributed by atoms with van der Waals surface area (Å²) in [5, 5.41) is 3.17. The van der Waals surface area contributed by atoms with Gasteiger partial charge in [0.15, 0.2) is 5.95 Å². The first-order valence-corrected chi connectivity index (χ1v) is 6.44. The monoisotopic (exact) mass is 215 g/mol. The van der Waals surface area contributed by atoms with Gasteiger partial charge in [0, 0.05) is 18.4 Å². The van der Waals surface area contributed by atoms with Crippen LogP contribution in [0.25, 0.3) is 0 Å². The molecule has 2 N–H and O–H groups in total. The molecule has 0 atom stereocenters. The van der Waals surface area contributed by atoms with Crippen molar-refractivity contribution in [1.29, 1.82) is 0 Å². The Morgan fingerprint density at radius 2 is 2.14 bits per heavy atom. The molecule has 1 aromatic heterocycles. The van der Waals surface area contributed by atoms with Crippen molar-refractivity contribution in [2.75, 3.05) is 16.8 Å². The van der Waals surface area contributed by atoms with Crippen LogP contribution in [-0.2, 0) is 9.84 Å². The number of imidazole rings is 1. The zero-order chi connectivity index (χ0) is 10.0. The molecule has 14 heavy (non-hydrogen) atoms. The van der Waals surface area contributed by atoms with Gasteiger partial charge in [-0.1, -0.05) is 0 Å². The maximum absolute atomic E-state index is 11.1. The number of aromatic amines is 1. The van der Waals surface area contributed by atoms with Crippen LogP contribution in [-0.4, -0.2) is 35.9 Å². The summed E-state index contributed by atoms with van der Waals surface area (Å²) in [6.07, 6.45) is 4.75. The van der Waals surface area contributed by atoms with Gasteiger partial charge in [-0.15, -0.1) is 0 Å². The molecule has 2 heterocycles. The molecule has 0 radical (unpaired) electrons. The van der Waals surface area contributed by atoms with Crippen LogP contribution in [0.5, 0.6) is 0 Å². The Labute approximate surface area is 82.9 Å². The zero-order valence-electron chi connectivity index (χ0n) is 7.73. The quantitative estimate of drug-likeness (QED) is 0.748. The van der Waals surface area contributed by atoms with Crippen molar-refractivity contribution in [3.8, 4) is 0 Å². The van der Waals surface area contributed by atoms with Crippen LogP contribution in [0.4, 0.5) is 5.95 Å². The van der Waals surface area contributed by atoms with Gasteiger partial charge >= 0.3 is 0 Å². The van der Waals surface area contributed by atoms with Crippen molar-refractivity contribution >= 4 is 15.8 Å². The van der Waals surface area contributed by atoms with E-state index in [1.165, 1.54) is 0 Å². The zero-order valence-corrected chi connectivity index (χ0v) is 8.55. The molecule has 78 valence electrons. The van der Waals surface area contributed by atoms with Crippen LogP contribution in [0.2, 0.25) is 0 Å². The van der Waals surface area contributed by atoms with Crippen LogP contribution in [0.15, 0.2) is 12.4 Å². The molecule has 0 aliphatic carbocycles. The number of hydrogen-bond donors (Lipinski definition) is 2. The van der Waals surface area contributed by atoms with Crippen LogP contribution < -0.4 is 5.32 Å². The summed E-state index contributed by atoms with van der Waals surface area (Å²) in [5.74, 6) is 1.28. The maximum atomic E-state index is 11.1. The highest BCUT2D eigenvalue weighted by Crippen LogP contribution is 2.15. The fourth-order valence-corrected chi connectivity index (χ4v) is 3.06. The van der Waals surface area contributed by atoms with Gasteiger partial charge in [-0.05, 0) is 12.8 Å². The number of nitrogens with zero attached hydrogens (tertiary/aromatic N) is 1. The van der Waals surface area contributed by atoms with Gasteiger partial charge in [0.05, 0.1) is 11.5 Å². The van der Waals surface area contributed by atoms with Gasteiger partial charge in [-0.2, -0.15) is 0 Å². The number of H-pyrrole nitrogens is 1. The van der Waals surface area contributed by atoms with Crippen LogP contribution in [0.1, 0.15) is 12.8 Å². The summed E-state index contributed by atoms with van der Waals surface area (Å²) in [6, 6.07) is 0.227. The molecule has 1 aromatic rings. The second-order valence-electron chi connectivity index (χ2n) is 3.51. The molecule has 1 saturated heterocycles. The molecule has 6 heteroatoms. The van der Waals surface area contributed by atoms with Gasteiger partial charge in [0.25, 0.3) is 0 Å². The minimum Gasteiger partial charge on any atom is -0.353 e. The smallest absolute Gasteiger partial charge is 0.200 e. The van der Waals surface area contributed by atoms with E-state index >= 15 is 0 Å². The number of sulfone groups is 1. The first kappa shape index (κ1) is 9.51. The predicted molar refractivity (Wildman–Crippen MR) is 53.9 cm³/mol. The van der Waals surface area contributed by atoms with E-state index in [1.807, 2.05) is 0 Å². The first-order valence-electron chi connectivity index (χ1n) is 4.62. The summed E-state index contributed by atoms with van der Waals surface area (Å²) in [6.45, 7) is 0. The van der Waals surface area contributed by atoms with E-state index < -0.39 is 9.84 Å². The first-order chi connectivity index (χ1) is 6.66. The van der Waals surface area contributed by atoms with E-state index in [1.54, 1.807) is 12.4 Å². The molecule has 0 aromatic carbocycles. The maximum Gasteiger partial charge on any atom is 0.200 e. The lowest BCUT2D eigenvalue weighted by Crippen LogP contribution is -2.32. The summed E-state index contributed by atoms with van der Waals surface area (Å²) in [7, 11) is -2.77. The average Bonchev–Trinajstić information content (AvgIpc) is 2.61. The number of rotatable bonds is 2. The highest BCUT2D eigenvalue weighted by molar-refractivity contribution is 7.91. The predicted octanol–water partition coefficient (Wildman–Crippen LogP) is 0.399. The Morgan fingerprint density at radius 3 is 2.71 bits per heavy atom. The Bertz CT molecular complexity index is 371. The van der Waals surface area contributed by atoms with Gasteiger partial charge in [0.1, 0.15) is 9.84 Å². The number of aromatic nitrogens is 2. The number of anilines is 1. The lowest BCUT2D eigenvalue weighted by Gasteiger charge is -2.22. The lowest BCUT2D eigenvalue weighted by atomic mass is 10.2. The molecular formula is C8H13N3O2S. The van der Waals surface area contributed by atoms with Crippen LogP contribution in [0.3, 0.4) is 0 Å². The fraction of sp³-hybridized carbons (Fsp3) is 0.625. The van der Waals surface area contributed by atoms with E-state index in [0.717, 1.165) is 0 Å². The SMILES string of the molecule is O=S1(=O)CCC(Nc2ncc[nH]2)CC1. The average molecular weight is 215 g/mol. The van der Waals surface area contributed by atoms with Gasteiger partial charge in [-0.3, -0.25) is 0 Å². The third-order valence-corrected chi connectivity index (χ3v) is 4.11. The Balaban J connectivity index is 1.91. The van der Waals surface area contributed by atoms with Gasteiger partial charge < -0.3 is 10.3 Å². The van der Waals surface area contributed by atoms with Crippen molar-refractivity contribution in [1.82, 2.24) is 9.97 Å². The molecule has 0 unspecified atom stereocenters. The largest absolute Gasteiger partial charge is 0.353 e.